The van der Waals surface area contributed by atoms with Gasteiger partial charge in [0.25, 0.3) is 0 Å². The van der Waals surface area contributed by atoms with Gasteiger partial charge in [-0.3, -0.25) is 0 Å². The van der Waals surface area contributed by atoms with E-state index in [-0.39, 0.29) is 5.82 Å². The minimum atomic E-state index is -0.218. The van der Waals surface area contributed by atoms with Crippen molar-refractivity contribution in [3.05, 3.63) is 58.8 Å². The second-order valence-corrected chi connectivity index (χ2v) is 3.70. The largest absolute Gasteiger partial charge is 0.207 e. The summed E-state index contributed by atoms with van der Waals surface area (Å²) in [6.45, 7) is 0. The zero-order valence-corrected chi connectivity index (χ0v) is 8.88. The maximum absolute atomic E-state index is 12.7. The molecule has 14 heavy (non-hydrogen) atoms. The molecular weight excluding hydrogens is 243 g/mol. The minimum Gasteiger partial charge on any atom is -0.207 e. The summed E-state index contributed by atoms with van der Waals surface area (Å²) in [6.07, 6.45) is 0. The van der Waals surface area contributed by atoms with Gasteiger partial charge in [0.1, 0.15) is 5.82 Å². The molecule has 2 rings (SSSR count). The predicted octanol–water partition coefficient (Wildman–Crippen LogP) is 4.06. The number of halogens is 2. The molecule has 0 bridgehead atoms. The van der Waals surface area contributed by atoms with Gasteiger partial charge in [-0.2, -0.15) is 0 Å². The van der Waals surface area contributed by atoms with Gasteiger partial charge >= 0.3 is 0 Å². The van der Waals surface area contributed by atoms with Crippen molar-refractivity contribution < 1.29 is 4.39 Å². The summed E-state index contributed by atoms with van der Waals surface area (Å²) < 4.78 is 13.6. The summed E-state index contributed by atoms with van der Waals surface area (Å²) >= 11 is 3.40. The molecule has 0 aliphatic carbocycles. The van der Waals surface area contributed by atoms with Crippen molar-refractivity contribution in [1.29, 1.82) is 0 Å². The van der Waals surface area contributed by atoms with E-state index in [1.54, 1.807) is 12.1 Å². The molecule has 0 heterocycles. The fraction of sp³-hybridized carbons (Fsp3) is 0. The first-order valence-electron chi connectivity index (χ1n) is 4.19. The molecule has 0 fully saturated rings. The lowest BCUT2D eigenvalue weighted by atomic mass is 10.1. The van der Waals surface area contributed by atoms with E-state index in [1.807, 2.05) is 18.2 Å². The lowest BCUT2D eigenvalue weighted by molar-refractivity contribution is 0.628. The van der Waals surface area contributed by atoms with Crippen LogP contribution in [-0.2, 0) is 0 Å². The molecule has 69 valence electrons. The topological polar surface area (TPSA) is 0 Å². The third kappa shape index (κ3) is 1.85. The average molecular weight is 250 g/mol. The van der Waals surface area contributed by atoms with Crippen molar-refractivity contribution in [3.8, 4) is 11.1 Å². The van der Waals surface area contributed by atoms with Gasteiger partial charge < -0.3 is 0 Å². The Labute approximate surface area is 90.5 Å². The molecule has 0 saturated carbocycles. The SMILES string of the molecule is Fc1ccc(-c2ccc[c]c2Br)cc1. The molecule has 0 unspecified atom stereocenters. The van der Waals surface area contributed by atoms with Crippen molar-refractivity contribution in [2.24, 2.45) is 0 Å². The van der Waals surface area contributed by atoms with Crippen molar-refractivity contribution in [3.63, 3.8) is 0 Å². The Balaban J connectivity index is 2.50. The van der Waals surface area contributed by atoms with Gasteiger partial charge in [0.15, 0.2) is 0 Å². The molecule has 0 atom stereocenters. The zero-order valence-electron chi connectivity index (χ0n) is 7.30. The van der Waals surface area contributed by atoms with E-state index < -0.39 is 0 Å². The number of hydrogen-bond acceptors (Lipinski definition) is 0. The smallest absolute Gasteiger partial charge is 0.123 e. The van der Waals surface area contributed by atoms with Gasteiger partial charge in [-0.1, -0.05) is 30.3 Å². The third-order valence-electron chi connectivity index (χ3n) is 1.96. The van der Waals surface area contributed by atoms with Crippen molar-refractivity contribution in [2.45, 2.75) is 0 Å². The van der Waals surface area contributed by atoms with Crippen LogP contribution in [0.5, 0.6) is 0 Å². The van der Waals surface area contributed by atoms with Crippen LogP contribution in [0.2, 0.25) is 0 Å². The van der Waals surface area contributed by atoms with Crippen LogP contribution < -0.4 is 0 Å². The molecule has 0 saturated heterocycles. The first kappa shape index (κ1) is 9.41. The summed E-state index contributed by atoms with van der Waals surface area (Å²) in [5.74, 6) is -0.218. The highest BCUT2D eigenvalue weighted by Crippen LogP contribution is 2.27. The second kappa shape index (κ2) is 3.93. The Morgan fingerprint density at radius 2 is 1.79 bits per heavy atom. The Morgan fingerprint density at radius 3 is 2.43 bits per heavy atom. The van der Waals surface area contributed by atoms with Crippen LogP contribution in [0, 0.1) is 11.9 Å². The van der Waals surface area contributed by atoms with Crippen LogP contribution in [0.4, 0.5) is 4.39 Å². The zero-order chi connectivity index (χ0) is 9.97. The van der Waals surface area contributed by atoms with Gasteiger partial charge in [0.05, 0.1) is 0 Å². The molecule has 2 aromatic carbocycles. The monoisotopic (exact) mass is 249 g/mol. The molecular formula is C12H7BrF. The quantitative estimate of drug-likeness (QED) is 0.716. The van der Waals surface area contributed by atoms with Crippen molar-refractivity contribution in [2.75, 3.05) is 0 Å². The summed E-state index contributed by atoms with van der Waals surface area (Å²) in [7, 11) is 0. The number of benzene rings is 2. The van der Waals surface area contributed by atoms with E-state index in [9.17, 15) is 4.39 Å². The average Bonchev–Trinajstić information content (AvgIpc) is 2.20. The highest BCUT2D eigenvalue weighted by Gasteiger charge is 2.01. The Hall–Kier alpha value is -1.15. The molecule has 0 nitrogen and oxygen atoms in total. The van der Waals surface area contributed by atoms with E-state index in [4.69, 9.17) is 0 Å². The molecule has 0 aliphatic rings. The first-order chi connectivity index (χ1) is 6.77. The fourth-order valence-corrected chi connectivity index (χ4v) is 1.76. The van der Waals surface area contributed by atoms with Crippen LogP contribution >= 0.6 is 15.9 Å². The van der Waals surface area contributed by atoms with Crippen LogP contribution in [0.25, 0.3) is 11.1 Å². The predicted molar refractivity (Wildman–Crippen MR) is 58.4 cm³/mol. The summed E-state index contributed by atoms with van der Waals surface area (Å²) in [5.41, 5.74) is 2.00. The van der Waals surface area contributed by atoms with Crippen LogP contribution in [0.3, 0.4) is 0 Å². The maximum Gasteiger partial charge on any atom is 0.123 e. The number of hydrogen-bond donors (Lipinski definition) is 0. The highest BCUT2D eigenvalue weighted by molar-refractivity contribution is 9.10. The molecule has 2 heteroatoms. The Morgan fingerprint density at radius 1 is 1.07 bits per heavy atom. The highest BCUT2D eigenvalue weighted by atomic mass is 79.9. The minimum absolute atomic E-state index is 0.218. The Bertz CT molecular complexity index is 434. The number of rotatable bonds is 1. The molecule has 0 amide bonds. The van der Waals surface area contributed by atoms with Gasteiger partial charge in [-0.25, -0.2) is 4.39 Å². The van der Waals surface area contributed by atoms with E-state index >= 15 is 0 Å². The van der Waals surface area contributed by atoms with Crippen molar-refractivity contribution >= 4 is 15.9 Å². The fourth-order valence-electron chi connectivity index (χ4n) is 1.27. The van der Waals surface area contributed by atoms with Gasteiger partial charge in [0.2, 0.25) is 0 Å². The molecule has 0 aliphatic heterocycles. The molecule has 0 aromatic heterocycles. The molecule has 2 aromatic rings. The van der Waals surface area contributed by atoms with E-state index in [1.165, 1.54) is 12.1 Å². The summed E-state index contributed by atoms with van der Waals surface area (Å²) in [4.78, 5) is 0. The molecule has 0 N–H and O–H groups in total. The summed E-state index contributed by atoms with van der Waals surface area (Å²) in [6, 6.07) is 15.2. The standard InChI is InChI=1S/C12H7BrF/c13-12-4-2-1-3-11(12)9-5-7-10(14)8-6-9/h1-3,5-8H. The van der Waals surface area contributed by atoms with Crippen LogP contribution in [-0.4, -0.2) is 0 Å². The first-order valence-corrected chi connectivity index (χ1v) is 4.99. The van der Waals surface area contributed by atoms with Gasteiger partial charge in [-0.15, -0.1) is 0 Å². The maximum atomic E-state index is 12.7. The third-order valence-corrected chi connectivity index (χ3v) is 2.62. The molecule has 0 spiro atoms. The lowest BCUT2D eigenvalue weighted by Crippen LogP contribution is -1.80. The van der Waals surface area contributed by atoms with Crippen molar-refractivity contribution in [1.82, 2.24) is 0 Å². The lowest BCUT2D eigenvalue weighted by Gasteiger charge is -2.03. The second-order valence-electron chi connectivity index (χ2n) is 2.90. The normalized spacial score (nSPS) is 10.1. The van der Waals surface area contributed by atoms with E-state index in [0.717, 1.165) is 15.6 Å². The Kier molecular flexibility index (Phi) is 2.64. The van der Waals surface area contributed by atoms with E-state index in [0.29, 0.717) is 0 Å². The van der Waals surface area contributed by atoms with Crippen LogP contribution in [0.15, 0.2) is 46.9 Å². The van der Waals surface area contributed by atoms with Gasteiger partial charge in [-0.05, 0) is 45.3 Å². The summed E-state index contributed by atoms with van der Waals surface area (Å²) in [5, 5.41) is 0. The van der Waals surface area contributed by atoms with E-state index in [2.05, 4.69) is 22.0 Å². The van der Waals surface area contributed by atoms with Crippen LogP contribution in [0.1, 0.15) is 0 Å². The molecule has 1 radical (unpaired) electrons. The van der Waals surface area contributed by atoms with Gasteiger partial charge in [0, 0.05) is 4.47 Å².